The number of aliphatic hydroxyl groups is 1. The van der Waals surface area contributed by atoms with Crippen LogP contribution in [0.2, 0.25) is 0 Å². The molecule has 0 bridgehead atoms. The van der Waals surface area contributed by atoms with Gasteiger partial charge in [0.25, 0.3) is 0 Å². The van der Waals surface area contributed by atoms with Gasteiger partial charge in [-0.15, -0.1) is 0 Å². The molecule has 0 spiro atoms. The van der Waals surface area contributed by atoms with Gasteiger partial charge in [0.15, 0.2) is 0 Å². The molecule has 118 valence electrons. The number of benzene rings is 2. The van der Waals surface area contributed by atoms with Crippen LogP contribution < -0.4 is 0 Å². The molecule has 3 nitrogen and oxygen atoms in total. The average Bonchev–Trinajstić information content (AvgIpc) is 2.54. The molecule has 2 aromatic carbocycles. The Labute approximate surface area is 136 Å². The quantitative estimate of drug-likeness (QED) is 0.549. The zero-order chi connectivity index (χ0) is 16.7. The lowest BCUT2D eigenvalue weighted by molar-refractivity contribution is 0.432. The molecule has 0 atom stereocenters. The van der Waals surface area contributed by atoms with E-state index in [1.807, 2.05) is 37.3 Å². The second-order valence-corrected chi connectivity index (χ2v) is 5.14. The van der Waals surface area contributed by atoms with E-state index in [-0.39, 0.29) is 23.2 Å². The largest absolute Gasteiger partial charge is 0.508 e. The molecule has 0 heterocycles. The Morgan fingerprint density at radius 2 is 1.35 bits per heavy atom. The molecule has 0 unspecified atom stereocenters. The number of phenols is 2. The molecule has 0 aromatic heterocycles. The average molecular weight is 308 g/mol. The van der Waals surface area contributed by atoms with E-state index in [1.54, 1.807) is 48.6 Å². The van der Waals surface area contributed by atoms with Crippen LogP contribution in [0.25, 0.3) is 0 Å². The molecule has 3 heteroatoms. The summed E-state index contributed by atoms with van der Waals surface area (Å²) in [6, 6.07) is 14.0. The van der Waals surface area contributed by atoms with Crippen LogP contribution in [0, 0.1) is 0 Å². The highest BCUT2D eigenvalue weighted by atomic mass is 16.3. The van der Waals surface area contributed by atoms with E-state index in [9.17, 15) is 15.3 Å². The van der Waals surface area contributed by atoms with Crippen LogP contribution in [-0.4, -0.2) is 15.3 Å². The molecular formula is C20H20O3. The third-order valence-corrected chi connectivity index (χ3v) is 3.41. The lowest BCUT2D eigenvalue weighted by atomic mass is 9.90. The summed E-state index contributed by atoms with van der Waals surface area (Å²) in [5.41, 5.74) is 2.01. The molecule has 0 aliphatic heterocycles. The smallest absolute Gasteiger partial charge is 0.115 e. The van der Waals surface area contributed by atoms with Gasteiger partial charge in [-0.05, 0) is 54.5 Å². The summed E-state index contributed by atoms with van der Waals surface area (Å²) >= 11 is 0. The van der Waals surface area contributed by atoms with Gasteiger partial charge in [-0.3, -0.25) is 0 Å². The molecule has 2 aromatic rings. The van der Waals surface area contributed by atoms with Crippen LogP contribution in [-0.2, 0) is 0 Å². The summed E-state index contributed by atoms with van der Waals surface area (Å²) in [6.45, 7) is 1.84. The number of hydrogen-bond acceptors (Lipinski definition) is 3. The Kier molecular flexibility index (Phi) is 5.64. The van der Waals surface area contributed by atoms with E-state index in [2.05, 4.69) is 0 Å². The van der Waals surface area contributed by atoms with E-state index in [1.165, 1.54) is 0 Å². The van der Waals surface area contributed by atoms with Crippen LogP contribution in [0.1, 0.15) is 24.0 Å². The Hall–Kier alpha value is -2.94. The Balaban J connectivity index is 2.35. The number of aromatic hydroxyl groups is 2. The molecule has 0 aliphatic carbocycles. The second kappa shape index (κ2) is 7.90. The second-order valence-electron chi connectivity index (χ2n) is 5.14. The van der Waals surface area contributed by atoms with Crippen molar-refractivity contribution in [3.63, 3.8) is 0 Å². The van der Waals surface area contributed by atoms with Gasteiger partial charge in [-0.25, -0.2) is 0 Å². The van der Waals surface area contributed by atoms with Crippen LogP contribution in [0.4, 0.5) is 0 Å². The number of aliphatic hydroxyl groups excluding tert-OH is 1. The van der Waals surface area contributed by atoms with Gasteiger partial charge in [-0.1, -0.05) is 42.5 Å². The third-order valence-electron chi connectivity index (χ3n) is 3.41. The van der Waals surface area contributed by atoms with Crippen molar-refractivity contribution in [1.29, 1.82) is 0 Å². The Bertz CT molecular complexity index is 662. The van der Waals surface area contributed by atoms with Crippen molar-refractivity contribution in [2.24, 2.45) is 0 Å². The maximum Gasteiger partial charge on any atom is 0.115 e. The van der Waals surface area contributed by atoms with E-state index >= 15 is 0 Å². The topological polar surface area (TPSA) is 60.7 Å². The van der Waals surface area contributed by atoms with Gasteiger partial charge in [0.05, 0.1) is 0 Å². The molecule has 0 aliphatic rings. The van der Waals surface area contributed by atoms with E-state index in [4.69, 9.17) is 0 Å². The lowest BCUT2D eigenvalue weighted by Crippen LogP contribution is -1.97. The van der Waals surface area contributed by atoms with E-state index in [0.717, 1.165) is 11.1 Å². The van der Waals surface area contributed by atoms with E-state index in [0.29, 0.717) is 0 Å². The predicted molar refractivity (Wildman–Crippen MR) is 92.7 cm³/mol. The highest BCUT2D eigenvalue weighted by Crippen LogP contribution is 2.28. The normalized spacial score (nSPS) is 12.5. The maximum atomic E-state index is 9.63. The van der Waals surface area contributed by atoms with Crippen molar-refractivity contribution in [2.45, 2.75) is 12.8 Å². The van der Waals surface area contributed by atoms with Crippen molar-refractivity contribution >= 4 is 0 Å². The first-order valence-corrected chi connectivity index (χ1v) is 7.38. The summed E-state index contributed by atoms with van der Waals surface area (Å²) in [5.74, 6) is 0.561. The molecular weight excluding hydrogens is 288 g/mol. The summed E-state index contributed by atoms with van der Waals surface area (Å²) < 4.78 is 0. The Morgan fingerprint density at radius 3 is 1.78 bits per heavy atom. The van der Waals surface area contributed by atoms with Crippen LogP contribution in [0.3, 0.4) is 0 Å². The van der Waals surface area contributed by atoms with Crippen LogP contribution in [0.5, 0.6) is 11.5 Å². The monoisotopic (exact) mass is 308 g/mol. The maximum absolute atomic E-state index is 9.63. The number of phenolic OH excluding ortho intramolecular Hbond substituents is 2. The van der Waals surface area contributed by atoms with Gasteiger partial charge in [0.2, 0.25) is 0 Å². The molecule has 23 heavy (non-hydrogen) atoms. The third kappa shape index (κ3) is 4.78. The number of hydrogen-bond donors (Lipinski definition) is 3. The minimum absolute atomic E-state index is 0.0501. The van der Waals surface area contributed by atoms with Gasteiger partial charge in [-0.2, -0.15) is 0 Å². The molecule has 3 N–H and O–H groups in total. The SMILES string of the molecule is C\C=C/C(O)=C\C=C\C(c1ccc(O)cc1)c1ccc(O)cc1. The lowest BCUT2D eigenvalue weighted by Gasteiger charge is -2.14. The van der Waals surface area contributed by atoms with Crippen LogP contribution in [0.15, 0.2) is 84.7 Å². The molecule has 0 saturated heterocycles. The minimum atomic E-state index is -0.0501. The number of allylic oxidation sites excluding steroid dienone is 5. The fourth-order valence-electron chi connectivity index (χ4n) is 2.27. The highest BCUT2D eigenvalue weighted by Gasteiger charge is 2.10. The van der Waals surface area contributed by atoms with E-state index < -0.39 is 0 Å². The zero-order valence-corrected chi connectivity index (χ0v) is 12.9. The molecule has 2 rings (SSSR count). The summed E-state index contributed by atoms with van der Waals surface area (Å²) in [5, 5.41) is 28.5. The molecule has 0 radical (unpaired) electrons. The Morgan fingerprint density at radius 1 is 0.870 bits per heavy atom. The van der Waals surface area contributed by atoms with Crippen LogP contribution >= 0.6 is 0 Å². The predicted octanol–water partition coefficient (Wildman–Crippen LogP) is 4.80. The first kappa shape index (κ1) is 16.4. The molecule has 0 amide bonds. The first-order valence-electron chi connectivity index (χ1n) is 7.38. The number of rotatable bonds is 5. The summed E-state index contributed by atoms with van der Waals surface area (Å²) in [6.07, 6.45) is 8.74. The fraction of sp³-hybridized carbons (Fsp3) is 0.100. The van der Waals surface area contributed by atoms with Crippen molar-refractivity contribution in [2.75, 3.05) is 0 Å². The van der Waals surface area contributed by atoms with Crippen molar-refractivity contribution < 1.29 is 15.3 Å². The molecule has 0 fully saturated rings. The summed E-state index contributed by atoms with van der Waals surface area (Å²) in [4.78, 5) is 0. The van der Waals surface area contributed by atoms with Crippen molar-refractivity contribution in [3.8, 4) is 11.5 Å². The van der Waals surface area contributed by atoms with Crippen molar-refractivity contribution in [3.05, 3.63) is 95.8 Å². The standard InChI is InChI=1S/C20H20O3/c1-2-4-17(21)5-3-6-20(15-7-11-18(22)12-8-15)16-9-13-19(23)14-10-16/h2-14,20-23H,1H3/b4-2-,6-3+,17-5+. The fourth-order valence-corrected chi connectivity index (χ4v) is 2.27. The van der Waals surface area contributed by atoms with Gasteiger partial charge >= 0.3 is 0 Å². The van der Waals surface area contributed by atoms with Gasteiger partial charge in [0, 0.05) is 5.92 Å². The van der Waals surface area contributed by atoms with Gasteiger partial charge < -0.3 is 15.3 Å². The van der Waals surface area contributed by atoms with Gasteiger partial charge in [0.1, 0.15) is 17.3 Å². The summed E-state index contributed by atoms with van der Waals surface area (Å²) in [7, 11) is 0. The highest BCUT2D eigenvalue weighted by molar-refractivity contribution is 5.41. The zero-order valence-electron chi connectivity index (χ0n) is 12.9. The molecule has 0 saturated carbocycles. The van der Waals surface area contributed by atoms with Crippen molar-refractivity contribution in [1.82, 2.24) is 0 Å². The first-order chi connectivity index (χ1) is 11.1. The minimum Gasteiger partial charge on any atom is -0.508 e.